The zero-order valence-electron chi connectivity index (χ0n) is 8.52. The van der Waals surface area contributed by atoms with Crippen LogP contribution in [0, 0.1) is 12.1 Å². The van der Waals surface area contributed by atoms with Gasteiger partial charge in [-0.1, -0.05) is 31.9 Å². The van der Waals surface area contributed by atoms with Crippen molar-refractivity contribution >= 4 is 0 Å². The van der Waals surface area contributed by atoms with Gasteiger partial charge in [-0.05, 0) is 36.5 Å². The van der Waals surface area contributed by atoms with Gasteiger partial charge in [-0.3, -0.25) is 0 Å². The molecule has 0 radical (unpaired) electrons. The van der Waals surface area contributed by atoms with Gasteiger partial charge in [0.2, 0.25) is 0 Å². The molecule has 1 heteroatoms. The summed E-state index contributed by atoms with van der Waals surface area (Å²) in [6.45, 7) is 2.19. The Hall–Kier alpha value is -1.29. The number of halogens is 1. The van der Waals surface area contributed by atoms with Crippen molar-refractivity contribution in [1.82, 2.24) is 0 Å². The quantitative estimate of drug-likeness (QED) is 0.501. The lowest BCUT2D eigenvalue weighted by Gasteiger charge is -1.99. The molecule has 0 atom stereocenters. The van der Waals surface area contributed by atoms with Crippen LogP contribution in [0.3, 0.4) is 0 Å². The van der Waals surface area contributed by atoms with E-state index in [0.29, 0.717) is 0 Å². The largest absolute Gasteiger partial charge is 0.144 e. The van der Waals surface area contributed by atoms with Crippen molar-refractivity contribution in [3.05, 3.63) is 35.4 Å². The Labute approximate surface area is 85.2 Å². The van der Waals surface area contributed by atoms with Crippen molar-refractivity contribution in [1.29, 1.82) is 0 Å². The van der Waals surface area contributed by atoms with E-state index in [1.165, 1.54) is 31.0 Å². The van der Waals surface area contributed by atoms with Gasteiger partial charge in [0, 0.05) is 5.56 Å². The molecule has 0 saturated carbocycles. The molecule has 0 aliphatic rings. The number of benzene rings is 1. The fourth-order valence-corrected chi connectivity index (χ4v) is 1.39. The van der Waals surface area contributed by atoms with E-state index < -0.39 is 0 Å². The topological polar surface area (TPSA) is 0 Å². The number of rotatable bonds is 4. The van der Waals surface area contributed by atoms with E-state index in [1.807, 2.05) is 24.3 Å². The molecule has 0 nitrogen and oxygen atoms in total. The van der Waals surface area contributed by atoms with Crippen molar-refractivity contribution in [3.8, 4) is 12.1 Å². The number of hydrogen-bond acceptors (Lipinski definition) is 0. The highest BCUT2D eigenvalue weighted by Crippen LogP contribution is 2.08. The lowest BCUT2D eigenvalue weighted by Crippen LogP contribution is -1.85. The van der Waals surface area contributed by atoms with Gasteiger partial charge < -0.3 is 0 Å². The molecule has 0 spiro atoms. The van der Waals surface area contributed by atoms with Gasteiger partial charge in [0.05, 0.1) is 0 Å². The standard InChI is InChI=1S/C13H15F/c1-2-3-4-5-12-6-8-13(9-7-12)10-11-14/h6-9H,2-5H2,1H3. The molecule has 14 heavy (non-hydrogen) atoms. The molecule has 74 valence electrons. The first-order chi connectivity index (χ1) is 6.86. The minimum absolute atomic E-state index is 0.742. The lowest BCUT2D eigenvalue weighted by molar-refractivity contribution is 0.717. The van der Waals surface area contributed by atoms with E-state index in [4.69, 9.17) is 0 Å². The maximum Gasteiger partial charge on any atom is 0.111 e. The van der Waals surface area contributed by atoms with Crippen molar-refractivity contribution in [2.75, 3.05) is 0 Å². The van der Waals surface area contributed by atoms with Gasteiger partial charge in [0.25, 0.3) is 0 Å². The summed E-state index contributed by atoms with van der Waals surface area (Å²) < 4.78 is 11.7. The second-order valence-electron chi connectivity index (χ2n) is 3.37. The lowest BCUT2D eigenvalue weighted by atomic mass is 10.1. The summed E-state index contributed by atoms with van der Waals surface area (Å²) in [5, 5.41) is 0. The van der Waals surface area contributed by atoms with Crippen LogP contribution in [-0.2, 0) is 6.42 Å². The highest BCUT2D eigenvalue weighted by molar-refractivity contribution is 5.35. The van der Waals surface area contributed by atoms with Gasteiger partial charge in [-0.25, -0.2) is 0 Å². The average Bonchev–Trinajstić information content (AvgIpc) is 2.21. The van der Waals surface area contributed by atoms with Crippen LogP contribution < -0.4 is 0 Å². The minimum Gasteiger partial charge on any atom is -0.144 e. The van der Waals surface area contributed by atoms with Crippen LogP contribution in [-0.4, -0.2) is 0 Å². The normalized spacial score (nSPS) is 9.29. The Morgan fingerprint density at radius 1 is 1.14 bits per heavy atom. The molecule has 0 N–H and O–H groups in total. The summed E-state index contributed by atoms with van der Waals surface area (Å²) in [7, 11) is 0. The third kappa shape index (κ3) is 3.62. The zero-order valence-corrected chi connectivity index (χ0v) is 8.52. The molecule has 0 fully saturated rings. The Bertz CT molecular complexity index is 313. The molecule has 0 saturated heterocycles. The van der Waals surface area contributed by atoms with E-state index >= 15 is 0 Å². The minimum atomic E-state index is 0.742. The molecular weight excluding hydrogens is 175 g/mol. The first-order valence-corrected chi connectivity index (χ1v) is 5.07. The van der Waals surface area contributed by atoms with Gasteiger partial charge in [-0.15, -0.1) is 4.39 Å². The summed E-state index contributed by atoms with van der Waals surface area (Å²) in [6, 6.07) is 7.78. The maximum atomic E-state index is 11.7. The summed E-state index contributed by atoms with van der Waals surface area (Å²) in [4.78, 5) is 0. The zero-order chi connectivity index (χ0) is 10.2. The Kier molecular flexibility index (Phi) is 4.78. The summed E-state index contributed by atoms with van der Waals surface area (Å²) >= 11 is 0. The first kappa shape index (κ1) is 10.8. The highest BCUT2D eigenvalue weighted by Gasteiger charge is 1.92. The third-order valence-corrected chi connectivity index (χ3v) is 2.21. The van der Waals surface area contributed by atoms with Crippen LogP contribution in [0.1, 0.15) is 37.3 Å². The van der Waals surface area contributed by atoms with Gasteiger partial charge >= 0.3 is 0 Å². The van der Waals surface area contributed by atoms with Crippen molar-refractivity contribution in [2.45, 2.75) is 32.6 Å². The first-order valence-electron chi connectivity index (χ1n) is 5.07. The van der Waals surface area contributed by atoms with E-state index in [-0.39, 0.29) is 0 Å². The van der Waals surface area contributed by atoms with Crippen LogP contribution >= 0.6 is 0 Å². The molecule has 0 bridgehead atoms. The van der Waals surface area contributed by atoms with Crippen molar-refractivity contribution < 1.29 is 4.39 Å². The Morgan fingerprint density at radius 2 is 1.86 bits per heavy atom. The van der Waals surface area contributed by atoms with E-state index in [0.717, 1.165) is 12.0 Å². The van der Waals surface area contributed by atoms with E-state index in [1.54, 1.807) is 0 Å². The van der Waals surface area contributed by atoms with Crippen LogP contribution in [0.25, 0.3) is 0 Å². The second-order valence-corrected chi connectivity index (χ2v) is 3.37. The average molecular weight is 190 g/mol. The molecule has 1 aromatic rings. The molecule has 0 aliphatic heterocycles. The van der Waals surface area contributed by atoms with Crippen molar-refractivity contribution in [2.24, 2.45) is 0 Å². The Balaban J connectivity index is 2.49. The molecule has 1 rings (SSSR count). The fraction of sp³-hybridized carbons (Fsp3) is 0.385. The molecule has 0 aliphatic carbocycles. The predicted octanol–water partition coefficient (Wildman–Crippen LogP) is 3.70. The number of aryl methyl sites for hydroxylation is 1. The molecule has 0 heterocycles. The summed E-state index contributed by atoms with van der Waals surface area (Å²) in [5.74, 6) is 2.39. The third-order valence-electron chi connectivity index (χ3n) is 2.21. The smallest absolute Gasteiger partial charge is 0.111 e. The number of hydrogen-bond donors (Lipinski definition) is 0. The highest BCUT2D eigenvalue weighted by atomic mass is 19.1. The molecule has 1 aromatic carbocycles. The van der Waals surface area contributed by atoms with E-state index in [9.17, 15) is 4.39 Å². The monoisotopic (exact) mass is 190 g/mol. The molecule has 0 aromatic heterocycles. The number of unbranched alkanes of at least 4 members (excludes halogenated alkanes) is 2. The Morgan fingerprint density at radius 3 is 2.43 bits per heavy atom. The van der Waals surface area contributed by atoms with Crippen molar-refractivity contribution in [3.63, 3.8) is 0 Å². The molecule has 0 amide bonds. The maximum absolute atomic E-state index is 11.7. The molecular formula is C13H15F. The van der Waals surface area contributed by atoms with Gasteiger partial charge in [-0.2, -0.15) is 0 Å². The summed E-state index contributed by atoms with van der Waals surface area (Å²) in [5.41, 5.74) is 2.05. The van der Waals surface area contributed by atoms with Gasteiger partial charge in [0.1, 0.15) is 6.17 Å². The van der Waals surface area contributed by atoms with Crippen LogP contribution in [0.15, 0.2) is 24.3 Å². The fourth-order valence-electron chi connectivity index (χ4n) is 1.39. The van der Waals surface area contributed by atoms with Crippen LogP contribution in [0.4, 0.5) is 4.39 Å². The van der Waals surface area contributed by atoms with Gasteiger partial charge in [0.15, 0.2) is 0 Å². The molecule has 0 unspecified atom stereocenters. The van der Waals surface area contributed by atoms with Crippen LogP contribution in [0.2, 0.25) is 0 Å². The van der Waals surface area contributed by atoms with E-state index in [2.05, 4.69) is 12.8 Å². The summed E-state index contributed by atoms with van der Waals surface area (Å²) in [6.07, 6.45) is 6.25. The van der Waals surface area contributed by atoms with Crippen LogP contribution in [0.5, 0.6) is 0 Å². The predicted molar refractivity (Wildman–Crippen MR) is 57.7 cm³/mol. The SMILES string of the molecule is CCCCCc1ccc(C#CF)cc1. The second kappa shape index (κ2) is 6.21.